The Morgan fingerprint density at radius 2 is 2.10 bits per heavy atom. The number of hydrogen-bond donors (Lipinski definition) is 2. The highest BCUT2D eigenvalue weighted by atomic mass is 32.1. The van der Waals surface area contributed by atoms with Crippen molar-refractivity contribution in [1.29, 1.82) is 0 Å². The van der Waals surface area contributed by atoms with Crippen LogP contribution in [0, 0.1) is 5.92 Å². The summed E-state index contributed by atoms with van der Waals surface area (Å²) >= 11 is 1.75. The number of aromatic amines is 1. The number of amidine groups is 1. The molecule has 0 radical (unpaired) electrons. The molecule has 0 amide bonds. The molecule has 1 aliphatic heterocycles. The van der Waals surface area contributed by atoms with Crippen LogP contribution in [0.15, 0.2) is 47.8 Å². The van der Waals surface area contributed by atoms with Gasteiger partial charge in [0.2, 0.25) is 0 Å². The van der Waals surface area contributed by atoms with E-state index in [4.69, 9.17) is 4.99 Å². The molecule has 7 heteroatoms. The predicted octanol–water partition coefficient (Wildman–Crippen LogP) is 4.72. The van der Waals surface area contributed by atoms with Gasteiger partial charge >= 0.3 is 0 Å². The van der Waals surface area contributed by atoms with Crippen LogP contribution in [0.25, 0.3) is 21.3 Å². The molecular formula is C24H26N6S. The Labute approximate surface area is 185 Å². The van der Waals surface area contributed by atoms with Crippen molar-refractivity contribution < 1.29 is 0 Å². The van der Waals surface area contributed by atoms with Gasteiger partial charge in [-0.3, -0.25) is 4.99 Å². The molecule has 1 aliphatic carbocycles. The predicted molar refractivity (Wildman–Crippen MR) is 128 cm³/mol. The second-order valence-electron chi connectivity index (χ2n) is 8.61. The van der Waals surface area contributed by atoms with Crippen LogP contribution in [-0.4, -0.2) is 40.5 Å². The van der Waals surface area contributed by atoms with E-state index in [0.717, 1.165) is 34.7 Å². The molecule has 1 saturated carbocycles. The molecule has 31 heavy (non-hydrogen) atoms. The van der Waals surface area contributed by atoms with E-state index in [1.165, 1.54) is 47.2 Å². The SMILES string of the molecule is CN1c2c(sc3ncccc23)C(=NCCc2ccc3nc[nH]c3c2)NC1C1CCCC1. The van der Waals surface area contributed by atoms with Gasteiger partial charge in [-0.2, -0.15) is 0 Å². The number of hydrogen-bond acceptors (Lipinski definition) is 5. The van der Waals surface area contributed by atoms with Gasteiger partial charge in [0, 0.05) is 25.2 Å². The number of H-pyrrole nitrogens is 1. The summed E-state index contributed by atoms with van der Waals surface area (Å²) in [5, 5.41) is 5.06. The van der Waals surface area contributed by atoms with Crippen molar-refractivity contribution in [2.75, 3.05) is 18.5 Å². The van der Waals surface area contributed by atoms with Crippen LogP contribution in [-0.2, 0) is 6.42 Å². The molecular weight excluding hydrogens is 404 g/mol. The largest absolute Gasteiger partial charge is 0.352 e. The highest BCUT2D eigenvalue weighted by Crippen LogP contribution is 2.42. The minimum atomic E-state index is 0.299. The van der Waals surface area contributed by atoms with E-state index in [-0.39, 0.29) is 0 Å². The molecule has 4 aromatic rings. The lowest BCUT2D eigenvalue weighted by Crippen LogP contribution is -2.54. The standard InChI is InChI=1S/C24H26N6S/c1-30-20-17-7-4-11-26-24(17)31-21(20)22(29-23(30)16-5-2-3-6-16)25-12-10-15-8-9-18-19(13-15)28-14-27-18/h4,7-9,11,13-14,16,23H,2-3,5-6,10,12H2,1H3,(H,25,29)(H,27,28). The van der Waals surface area contributed by atoms with Gasteiger partial charge in [0.05, 0.1) is 27.9 Å². The van der Waals surface area contributed by atoms with Gasteiger partial charge in [-0.05, 0) is 55.0 Å². The molecule has 1 fully saturated rings. The van der Waals surface area contributed by atoms with Crippen molar-refractivity contribution >= 4 is 44.1 Å². The molecule has 1 unspecified atom stereocenters. The Bertz CT molecular complexity index is 1270. The summed E-state index contributed by atoms with van der Waals surface area (Å²) < 4.78 is 0. The molecule has 6 rings (SSSR count). The summed E-state index contributed by atoms with van der Waals surface area (Å²) in [5.41, 5.74) is 4.66. The van der Waals surface area contributed by atoms with Gasteiger partial charge < -0.3 is 15.2 Å². The van der Waals surface area contributed by atoms with E-state index in [1.807, 2.05) is 12.3 Å². The maximum Gasteiger partial charge on any atom is 0.142 e. The van der Waals surface area contributed by atoms with Gasteiger partial charge in [-0.25, -0.2) is 9.97 Å². The number of anilines is 1. The van der Waals surface area contributed by atoms with Crippen LogP contribution in [0.3, 0.4) is 0 Å². The third-order valence-electron chi connectivity index (χ3n) is 6.71. The number of aliphatic imine (C=N–C) groups is 1. The fourth-order valence-corrected chi connectivity index (χ4v) is 6.28. The van der Waals surface area contributed by atoms with Crippen LogP contribution in [0.5, 0.6) is 0 Å². The molecule has 0 bridgehead atoms. The first-order valence-corrected chi connectivity index (χ1v) is 11.9. The fourth-order valence-electron chi connectivity index (χ4n) is 5.13. The van der Waals surface area contributed by atoms with Crippen molar-refractivity contribution in [3.05, 3.63) is 53.3 Å². The zero-order valence-electron chi connectivity index (χ0n) is 17.6. The zero-order valence-corrected chi connectivity index (χ0v) is 18.5. The van der Waals surface area contributed by atoms with Crippen LogP contribution in [0.2, 0.25) is 0 Å². The van der Waals surface area contributed by atoms with Gasteiger partial charge in [-0.15, -0.1) is 11.3 Å². The second kappa shape index (κ2) is 7.64. The minimum absolute atomic E-state index is 0.299. The van der Waals surface area contributed by atoms with Gasteiger partial charge in [-0.1, -0.05) is 18.9 Å². The molecule has 1 aromatic carbocycles. The molecule has 0 saturated heterocycles. The summed E-state index contributed by atoms with van der Waals surface area (Å²) in [6.45, 7) is 0.754. The van der Waals surface area contributed by atoms with E-state index in [2.05, 4.69) is 56.5 Å². The summed E-state index contributed by atoms with van der Waals surface area (Å²) in [5.74, 6) is 1.70. The molecule has 2 aliphatic rings. The Morgan fingerprint density at radius 1 is 1.19 bits per heavy atom. The Hall–Kier alpha value is -2.93. The van der Waals surface area contributed by atoms with E-state index in [1.54, 1.807) is 17.7 Å². The van der Waals surface area contributed by atoms with Crippen LogP contribution in [0.4, 0.5) is 5.69 Å². The summed E-state index contributed by atoms with van der Waals surface area (Å²) in [6, 6.07) is 10.6. The maximum atomic E-state index is 5.07. The molecule has 2 N–H and O–H groups in total. The van der Waals surface area contributed by atoms with Gasteiger partial charge in [0.15, 0.2) is 0 Å². The van der Waals surface area contributed by atoms with Crippen LogP contribution in [0.1, 0.15) is 36.1 Å². The summed E-state index contributed by atoms with van der Waals surface area (Å²) in [4.78, 5) is 22.0. The summed E-state index contributed by atoms with van der Waals surface area (Å²) in [6.07, 6.45) is 10.1. The topological polar surface area (TPSA) is 69.2 Å². The van der Waals surface area contributed by atoms with E-state index in [9.17, 15) is 0 Å². The molecule has 3 aromatic heterocycles. The number of thiophene rings is 1. The maximum absolute atomic E-state index is 5.07. The van der Waals surface area contributed by atoms with E-state index in [0.29, 0.717) is 12.1 Å². The van der Waals surface area contributed by atoms with Crippen molar-refractivity contribution in [2.24, 2.45) is 10.9 Å². The monoisotopic (exact) mass is 430 g/mol. The first-order valence-electron chi connectivity index (χ1n) is 11.1. The third kappa shape index (κ3) is 3.28. The first-order chi connectivity index (χ1) is 15.3. The number of fused-ring (bicyclic) bond motifs is 4. The molecule has 6 nitrogen and oxygen atoms in total. The van der Waals surface area contributed by atoms with Crippen molar-refractivity contribution in [2.45, 2.75) is 38.3 Å². The van der Waals surface area contributed by atoms with Gasteiger partial charge in [0.1, 0.15) is 16.8 Å². The van der Waals surface area contributed by atoms with Crippen molar-refractivity contribution in [3.63, 3.8) is 0 Å². The zero-order chi connectivity index (χ0) is 20.8. The Balaban J connectivity index is 1.33. The number of rotatable bonds is 4. The first kappa shape index (κ1) is 18.8. The summed E-state index contributed by atoms with van der Waals surface area (Å²) in [7, 11) is 2.23. The molecule has 4 heterocycles. The lowest BCUT2D eigenvalue weighted by molar-refractivity contribution is 0.392. The lowest BCUT2D eigenvalue weighted by atomic mass is 10.0. The smallest absolute Gasteiger partial charge is 0.142 e. The number of imidazole rings is 1. The molecule has 158 valence electrons. The number of nitrogens with one attached hydrogen (secondary N) is 2. The normalized spacial score (nSPS) is 20.6. The average molecular weight is 431 g/mol. The fraction of sp³-hybridized carbons (Fsp3) is 0.375. The highest BCUT2D eigenvalue weighted by molar-refractivity contribution is 7.21. The van der Waals surface area contributed by atoms with Crippen molar-refractivity contribution in [3.8, 4) is 0 Å². The third-order valence-corrected chi connectivity index (χ3v) is 7.82. The highest BCUT2D eigenvalue weighted by Gasteiger charge is 2.36. The molecule has 0 spiro atoms. The number of nitrogens with zero attached hydrogens (tertiary/aromatic N) is 4. The van der Waals surface area contributed by atoms with Crippen LogP contribution < -0.4 is 10.2 Å². The lowest BCUT2D eigenvalue weighted by Gasteiger charge is -2.40. The van der Waals surface area contributed by atoms with Gasteiger partial charge in [0.25, 0.3) is 0 Å². The Kier molecular flexibility index (Phi) is 4.64. The minimum Gasteiger partial charge on any atom is -0.352 e. The van der Waals surface area contributed by atoms with E-state index < -0.39 is 0 Å². The van der Waals surface area contributed by atoms with E-state index >= 15 is 0 Å². The van der Waals surface area contributed by atoms with Crippen molar-refractivity contribution in [1.82, 2.24) is 20.3 Å². The Morgan fingerprint density at radius 3 is 3.00 bits per heavy atom. The quantitative estimate of drug-likeness (QED) is 0.492. The number of aromatic nitrogens is 3. The van der Waals surface area contributed by atoms with Crippen LogP contribution >= 0.6 is 11.3 Å². The number of pyridine rings is 1. The average Bonchev–Trinajstić information content (AvgIpc) is 3.54. The second-order valence-corrected chi connectivity index (χ2v) is 9.61. The number of benzene rings is 1. The molecule has 1 atom stereocenters.